The van der Waals surface area contributed by atoms with Crippen molar-refractivity contribution in [3.8, 4) is 0 Å². The predicted octanol–water partition coefficient (Wildman–Crippen LogP) is 2.32. The summed E-state index contributed by atoms with van der Waals surface area (Å²) in [5, 5.41) is 0. The molecule has 0 N–H and O–H groups in total. The third kappa shape index (κ3) is 3.65. The van der Waals surface area contributed by atoms with Crippen LogP contribution in [0.2, 0.25) is 0 Å². The van der Waals surface area contributed by atoms with E-state index in [2.05, 4.69) is 0 Å². The Bertz CT molecular complexity index is 257. The molecule has 0 aromatic rings. The lowest BCUT2D eigenvalue weighted by atomic mass is 10.1. The van der Waals surface area contributed by atoms with E-state index in [0.717, 1.165) is 0 Å². The summed E-state index contributed by atoms with van der Waals surface area (Å²) in [6.45, 7) is 10.3. The molecule has 0 saturated carbocycles. The van der Waals surface area contributed by atoms with Gasteiger partial charge in [-0.1, -0.05) is 6.92 Å². The second-order valence-corrected chi connectivity index (χ2v) is 7.06. The van der Waals surface area contributed by atoms with Gasteiger partial charge in [-0.2, -0.15) is 8.42 Å². The van der Waals surface area contributed by atoms with Crippen molar-refractivity contribution in [1.29, 1.82) is 0 Å². The molecule has 0 aliphatic rings. The average molecular weight is 208 g/mol. The van der Waals surface area contributed by atoms with Gasteiger partial charge in [0.15, 0.2) is 0 Å². The normalized spacial score (nSPS) is 14.6. The highest BCUT2D eigenvalue weighted by Gasteiger charge is 2.35. The second kappa shape index (κ2) is 3.58. The van der Waals surface area contributed by atoms with Crippen LogP contribution in [0.15, 0.2) is 0 Å². The van der Waals surface area contributed by atoms with Gasteiger partial charge in [-0.05, 0) is 41.0 Å². The van der Waals surface area contributed by atoms with Crippen LogP contribution in [-0.2, 0) is 14.3 Å². The molecule has 0 aromatic carbocycles. The van der Waals surface area contributed by atoms with Gasteiger partial charge in [-0.15, -0.1) is 0 Å². The fourth-order valence-corrected chi connectivity index (χ4v) is 1.44. The lowest BCUT2D eigenvalue weighted by Crippen LogP contribution is -2.37. The lowest BCUT2D eigenvalue weighted by Gasteiger charge is -2.28. The van der Waals surface area contributed by atoms with Crippen LogP contribution in [0.25, 0.3) is 0 Å². The summed E-state index contributed by atoms with van der Waals surface area (Å²) in [7, 11) is -3.47. The van der Waals surface area contributed by atoms with E-state index in [9.17, 15) is 8.42 Å². The molecule has 0 saturated heterocycles. The molecule has 3 nitrogen and oxygen atoms in total. The van der Waals surface area contributed by atoms with Gasteiger partial charge >= 0.3 is 0 Å². The maximum absolute atomic E-state index is 11.6. The number of hydrogen-bond donors (Lipinski definition) is 0. The summed E-state index contributed by atoms with van der Waals surface area (Å²) in [6.07, 6.45) is 0.669. The van der Waals surface area contributed by atoms with Crippen LogP contribution in [0.5, 0.6) is 0 Å². The first kappa shape index (κ1) is 12.9. The smallest absolute Gasteiger partial charge is 0.264 e. The molecule has 0 radical (unpaired) electrons. The molecular formula is C9H20O3S. The van der Waals surface area contributed by atoms with Gasteiger partial charge < -0.3 is 0 Å². The average Bonchev–Trinajstić information content (AvgIpc) is 1.83. The van der Waals surface area contributed by atoms with Crippen LogP contribution in [0.1, 0.15) is 48.0 Å². The van der Waals surface area contributed by atoms with Crippen molar-refractivity contribution in [1.82, 2.24) is 0 Å². The van der Waals surface area contributed by atoms with Crippen LogP contribution in [-0.4, -0.2) is 18.8 Å². The Morgan fingerprint density at radius 1 is 1.08 bits per heavy atom. The summed E-state index contributed by atoms with van der Waals surface area (Å²) in [6, 6.07) is 0. The Morgan fingerprint density at radius 2 is 1.46 bits per heavy atom. The minimum absolute atomic E-state index is 0.605. The molecule has 80 valence electrons. The first-order valence-electron chi connectivity index (χ1n) is 4.47. The summed E-state index contributed by atoms with van der Waals surface area (Å²) in [5.41, 5.74) is -0.605. The Hall–Kier alpha value is -0.0900. The summed E-state index contributed by atoms with van der Waals surface area (Å²) in [5.74, 6) is 0. The van der Waals surface area contributed by atoms with E-state index in [-0.39, 0.29) is 0 Å². The second-order valence-electron chi connectivity index (χ2n) is 4.76. The zero-order valence-corrected chi connectivity index (χ0v) is 10.2. The highest BCUT2D eigenvalue weighted by atomic mass is 32.2. The molecule has 0 amide bonds. The number of hydrogen-bond acceptors (Lipinski definition) is 3. The molecule has 0 aromatic heterocycles. The largest absolute Gasteiger partial charge is 0.272 e. The molecular weight excluding hydrogens is 188 g/mol. The van der Waals surface area contributed by atoms with Crippen LogP contribution in [0.3, 0.4) is 0 Å². The van der Waals surface area contributed by atoms with Crippen LogP contribution < -0.4 is 0 Å². The van der Waals surface area contributed by atoms with Crippen molar-refractivity contribution in [2.75, 3.05) is 0 Å². The zero-order chi connectivity index (χ0) is 10.9. The molecule has 0 unspecified atom stereocenters. The van der Waals surface area contributed by atoms with Gasteiger partial charge in [-0.25, -0.2) is 0 Å². The van der Waals surface area contributed by atoms with Crippen molar-refractivity contribution in [2.24, 2.45) is 0 Å². The standard InChI is InChI=1S/C9H20O3S/c1-7-9(5,6)12-13(10,11)8(2,3)4/h7H2,1-6H3. The lowest BCUT2D eigenvalue weighted by molar-refractivity contribution is 0.109. The Balaban J connectivity index is 4.74. The van der Waals surface area contributed by atoms with Crippen LogP contribution >= 0.6 is 0 Å². The molecule has 4 heteroatoms. The van der Waals surface area contributed by atoms with Gasteiger partial charge in [0, 0.05) is 0 Å². The molecule has 0 aliphatic carbocycles. The van der Waals surface area contributed by atoms with E-state index in [1.165, 1.54) is 0 Å². The SMILES string of the molecule is CCC(C)(C)OS(=O)(=O)C(C)(C)C. The van der Waals surface area contributed by atoms with Crippen molar-refractivity contribution in [3.63, 3.8) is 0 Å². The molecule has 0 atom stereocenters. The minimum atomic E-state index is -3.47. The maximum Gasteiger partial charge on any atom is 0.272 e. The van der Waals surface area contributed by atoms with Crippen LogP contribution in [0.4, 0.5) is 0 Å². The van der Waals surface area contributed by atoms with Gasteiger partial charge in [0.05, 0.1) is 10.3 Å². The molecule has 0 fully saturated rings. The molecule has 0 heterocycles. The summed E-state index contributed by atoms with van der Waals surface area (Å²) < 4.78 is 27.5. The van der Waals surface area contributed by atoms with Crippen LogP contribution in [0, 0.1) is 0 Å². The van der Waals surface area contributed by atoms with Crippen molar-refractivity contribution in [2.45, 2.75) is 58.3 Å². The van der Waals surface area contributed by atoms with E-state index >= 15 is 0 Å². The van der Waals surface area contributed by atoms with E-state index in [0.29, 0.717) is 6.42 Å². The van der Waals surface area contributed by atoms with Crippen molar-refractivity contribution >= 4 is 10.1 Å². The Labute approximate surface area is 81.6 Å². The van der Waals surface area contributed by atoms with E-state index in [1.54, 1.807) is 34.6 Å². The maximum atomic E-state index is 11.6. The topological polar surface area (TPSA) is 43.4 Å². The summed E-state index contributed by atoms with van der Waals surface area (Å²) in [4.78, 5) is 0. The first-order chi connectivity index (χ1) is 5.52. The molecule has 13 heavy (non-hydrogen) atoms. The number of rotatable bonds is 3. The monoisotopic (exact) mass is 208 g/mol. The fourth-order valence-electron chi connectivity index (χ4n) is 0.481. The summed E-state index contributed by atoms with van der Waals surface area (Å²) >= 11 is 0. The molecule has 0 aliphatic heterocycles. The van der Waals surface area contributed by atoms with Crippen molar-refractivity contribution in [3.05, 3.63) is 0 Å². The van der Waals surface area contributed by atoms with E-state index < -0.39 is 20.5 Å². The first-order valence-corrected chi connectivity index (χ1v) is 5.88. The Kier molecular flexibility index (Phi) is 3.55. The molecule has 0 rings (SSSR count). The van der Waals surface area contributed by atoms with Gasteiger partial charge in [0.2, 0.25) is 0 Å². The van der Waals surface area contributed by atoms with E-state index in [1.807, 2.05) is 6.92 Å². The van der Waals surface area contributed by atoms with Gasteiger partial charge in [-0.3, -0.25) is 4.18 Å². The van der Waals surface area contributed by atoms with E-state index in [4.69, 9.17) is 4.18 Å². The van der Waals surface area contributed by atoms with Crippen molar-refractivity contribution < 1.29 is 12.6 Å². The zero-order valence-electron chi connectivity index (χ0n) is 9.34. The predicted molar refractivity (Wildman–Crippen MR) is 54.1 cm³/mol. The quantitative estimate of drug-likeness (QED) is 0.668. The fraction of sp³-hybridized carbons (Fsp3) is 1.00. The minimum Gasteiger partial charge on any atom is -0.264 e. The third-order valence-corrected chi connectivity index (χ3v) is 4.11. The Morgan fingerprint density at radius 3 is 1.69 bits per heavy atom. The third-order valence-electron chi connectivity index (χ3n) is 1.94. The molecule has 0 spiro atoms. The highest BCUT2D eigenvalue weighted by molar-refractivity contribution is 7.88. The highest BCUT2D eigenvalue weighted by Crippen LogP contribution is 2.25. The molecule has 0 bridgehead atoms. The van der Waals surface area contributed by atoms with Gasteiger partial charge in [0.25, 0.3) is 10.1 Å². The van der Waals surface area contributed by atoms with Gasteiger partial charge in [0.1, 0.15) is 0 Å².